The van der Waals surface area contributed by atoms with E-state index in [0.29, 0.717) is 26.1 Å². The van der Waals surface area contributed by atoms with E-state index in [2.05, 4.69) is 15.7 Å². The molecule has 3 amide bonds. The Morgan fingerprint density at radius 1 is 1.18 bits per heavy atom. The molecule has 0 radical (unpaired) electrons. The summed E-state index contributed by atoms with van der Waals surface area (Å²) in [6.07, 6.45) is 3.97. The van der Waals surface area contributed by atoms with Gasteiger partial charge in [0.05, 0.1) is 19.4 Å². The number of rotatable bonds is 16. The molecule has 1 aliphatic heterocycles. The van der Waals surface area contributed by atoms with Gasteiger partial charge >= 0.3 is 12.1 Å². The molecular weight excluding hydrogens is 516 g/mol. The molecule has 0 spiro atoms. The molecule has 2 rings (SSSR count). The number of alkyl carbamates (subject to hydrolysis) is 1. The number of ether oxygens (including phenoxy) is 2. The van der Waals surface area contributed by atoms with Crippen LogP contribution in [0, 0.1) is 5.92 Å². The van der Waals surface area contributed by atoms with Gasteiger partial charge in [0.1, 0.15) is 19.0 Å². The summed E-state index contributed by atoms with van der Waals surface area (Å²) in [5.41, 5.74) is 0.790. The Kier molecular flexibility index (Phi) is 14.9. The average Bonchev–Trinajstić information content (AvgIpc) is 2.95. The van der Waals surface area contributed by atoms with Crippen molar-refractivity contribution in [2.75, 3.05) is 39.3 Å². The summed E-state index contributed by atoms with van der Waals surface area (Å²) >= 11 is 0. The van der Waals surface area contributed by atoms with E-state index in [4.69, 9.17) is 15.3 Å². The number of hydrogen-bond donors (Lipinski definition) is 3. The molecule has 0 saturated carbocycles. The van der Waals surface area contributed by atoms with E-state index in [1.807, 2.05) is 42.2 Å². The number of benzene rings is 1. The normalized spacial score (nSPS) is 15.8. The summed E-state index contributed by atoms with van der Waals surface area (Å²) < 4.78 is 10.3. The van der Waals surface area contributed by atoms with Crippen LogP contribution in [0.25, 0.3) is 0 Å². The third kappa shape index (κ3) is 12.4. The quantitative estimate of drug-likeness (QED) is 0.0911. The molecular formula is C28H44N6O6. The molecule has 0 unspecified atom stereocenters. The van der Waals surface area contributed by atoms with Gasteiger partial charge in [-0.3, -0.25) is 14.4 Å². The number of carbonyl (C=O) groups is 4. The fourth-order valence-corrected chi connectivity index (χ4v) is 4.45. The molecule has 40 heavy (non-hydrogen) atoms. The van der Waals surface area contributed by atoms with Gasteiger partial charge < -0.3 is 35.7 Å². The molecule has 0 bridgehead atoms. The second kappa shape index (κ2) is 18.5. The summed E-state index contributed by atoms with van der Waals surface area (Å²) in [6, 6.07) is 7.99. The SMILES string of the molecule is CCCCN(CCC(=O)OCC)C(=O)[C@H](CC(=O)NC[C@@H]1CCCN(C=NN)C1)NC(=O)OCc1ccccc1. The molecule has 2 atom stereocenters. The van der Waals surface area contributed by atoms with Crippen LogP contribution in [0.4, 0.5) is 4.79 Å². The zero-order valence-electron chi connectivity index (χ0n) is 23.7. The van der Waals surface area contributed by atoms with Gasteiger partial charge in [-0.05, 0) is 37.7 Å². The predicted octanol–water partition coefficient (Wildman–Crippen LogP) is 1.98. The molecule has 1 aliphatic rings. The van der Waals surface area contributed by atoms with Crippen LogP contribution in [-0.2, 0) is 30.5 Å². The monoisotopic (exact) mass is 560 g/mol. The van der Waals surface area contributed by atoms with Crippen LogP contribution in [0.1, 0.15) is 57.9 Å². The number of unbranched alkanes of at least 4 members (excludes halogenated alkanes) is 1. The van der Waals surface area contributed by atoms with Crippen molar-refractivity contribution in [2.45, 2.75) is 65.0 Å². The first-order valence-electron chi connectivity index (χ1n) is 14.0. The maximum atomic E-state index is 13.6. The molecule has 1 saturated heterocycles. The highest BCUT2D eigenvalue weighted by atomic mass is 16.5. The number of amides is 3. The minimum Gasteiger partial charge on any atom is -0.466 e. The fraction of sp³-hybridized carbons (Fsp3) is 0.607. The lowest BCUT2D eigenvalue weighted by atomic mass is 9.98. The number of hydrogen-bond acceptors (Lipinski definition) is 8. The first-order chi connectivity index (χ1) is 19.4. The summed E-state index contributed by atoms with van der Waals surface area (Å²) in [7, 11) is 0. The van der Waals surface area contributed by atoms with E-state index in [9.17, 15) is 19.2 Å². The molecule has 1 fully saturated rings. The van der Waals surface area contributed by atoms with Gasteiger partial charge in [0.2, 0.25) is 11.8 Å². The van der Waals surface area contributed by atoms with Crippen LogP contribution in [0.15, 0.2) is 35.4 Å². The zero-order valence-corrected chi connectivity index (χ0v) is 23.7. The van der Waals surface area contributed by atoms with Crippen LogP contribution in [0.3, 0.4) is 0 Å². The van der Waals surface area contributed by atoms with Crippen molar-refractivity contribution >= 4 is 30.2 Å². The minimum atomic E-state index is -1.16. The third-order valence-electron chi connectivity index (χ3n) is 6.55. The smallest absolute Gasteiger partial charge is 0.408 e. The highest BCUT2D eigenvalue weighted by Crippen LogP contribution is 2.15. The van der Waals surface area contributed by atoms with Crippen molar-refractivity contribution in [3.63, 3.8) is 0 Å². The molecule has 0 aliphatic carbocycles. The summed E-state index contributed by atoms with van der Waals surface area (Å²) in [6.45, 7) is 6.48. The molecule has 1 aromatic carbocycles. The van der Waals surface area contributed by atoms with E-state index in [1.54, 1.807) is 13.3 Å². The van der Waals surface area contributed by atoms with Gasteiger partial charge in [0.25, 0.3) is 0 Å². The van der Waals surface area contributed by atoms with Crippen LogP contribution in [-0.4, -0.2) is 85.4 Å². The Morgan fingerprint density at radius 3 is 2.65 bits per heavy atom. The first-order valence-corrected chi connectivity index (χ1v) is 14.0. The van der Waals surface area contributed by atoms with Gasteiger partial charge in [0.15, 0.2) is 0 Å². The summed E-state index contributed by atoms with van der Waals surface area (Å²) in [4.78, 5) is 54.7. The molecule has 222 valence electrons. The van der Waals surface area contributed by atoms with E-state index >= 15 is 0 Å². The van der Waals surface area contributed by atoms with E-state index in [0.717, 1.165) is 31.4 Å². The maximum Gasteiger partial charge on any atom is 0.408 e. The number of hydrazone groups is 1. The van der Waals surface area contributed by atoms with Crippen molar-refractivity contribution in [2.24, 2.45) is 16.9 Å². The third-order valence-corrected chi connectivity index (χ3v) is 6.55. The number of carbonyl (C=O) groups excluding carboxylic acids is 4. The molecule has 1 heterocycles. The van der Waals surface area contributed by atoms with Crippen molar-refractivity contribution in [1.29, 1.82) is 0 Å². The second-order valence-electron chi connectivity index (χ2n) is 9.77. The fourth-order valence-electron chi connectivity index (χ4n) is 4.45. The minimum absolute atomic E-state index is 0.0188. The first kappa shape index (κ1) is 32.4. The highest BCUT2D eigenvalue weighted by molar-refractivity contribution is 5.91. The number of nitrogens with zero attached hydrogens (tertiary/aromatic N) is 3. The van der Waals surface area contributed by atoms with E-state index in [1.165, 1.54) is 4.90 Å². The zero-order chi connectivity index (χ0) is 29.2. The van der Waals surface area contributed by atoms with Crippen molar-refractivity contribution in [3.8, 4) is 0 Å². The van der Waals surface area contributed by atoms with Gasteiger partial charge in [-0.15, -0.1) is 0 Å². The van der Waals surface area contributed by atoms with Crippen LogP contribution >= 0.6 is 0 Å². The van der Waals surface area contributed by atoms with Gasteiger partial charge in [-0.2, -0.15) is 5.10 Å². The number of nitrogens with one attached hydrogen (secondary N) is 2. The highest BCUT2D eigenvalue weighted by Gasteiger charge is 2.29. The van der Waals surface area contributed by atoms with Crippen LogP contribution in [0.5, 0.6) is 0 Å². The Bertz CT molecular complexity index is 960. The van der Waals surface area contributed by atoms with Crippen molar-refractivity contribution < 1.29 is 28.7 Å². The number of likely N-dealkylation sites (tertiary alicyclic amines) is 1. The van der Waals surface area contributed by atoms with Crippen molar-refractivity contribution in [3.05, 3.63) is 35.9 Å². The summed E-state index contributed by atoms with van der Waals surface area (Å²) in [5.74, 6) is 4.24. The Labute approximate surface area is 236 Å². The second-order valence-corrected chi connectivity index (χ2v) is 9.77. The van der Waals surface area contributed by atoms with E-state index in [-0.39, 0.29) is 44.4 Å². The Balaban J connectivity index is 2.06. The molecule has 4 N–H and O–H groups in total. The van der Waals surface area contributed by atoms with Crippen LogP contribution in [0.2, 0.25) is 0 Å². The number of esters is 1. The average molecular weight is 561 g/mol. The Hall–Kier alpha value is -3.83. The number of nitrogens with two attached hydrogens (primary N) is 1. The molecule has 0 aromatic heterocycles. The molecule has 12 nitrogen and oxygen atoms in total. The van der Waals surface area contributed by atoms with Crippen molar-refractivity contribution in [1.82, 2.24) is 20.4 Å². The lowest BCUT2D eigenvalue weighted by Crippen LogP contribution is -2.51. The summed E-state index contributed by atoms with van der Waals surface area (Å²) in [5, 5.41) is 9.06. The standard InChI is InChI=1S/C28H44N6O6/c1-3-5-15-34(16-13-26(36)39-4-2)27(37)24(32-28(38)40-20-22-10-7-6-8-11-22)17-25(35)30-18-23-12-9-14-33(19-23)21-31-29/h6-8,10-11,21,23-24H,3-5,9,12-20,29H2,1-2H3,(H,30,35)(H,32,38)/t23-,24-/m0/s1. The lowest BCUT2D eigenvalue weighted by molar-refractivity contribution is -0.144. The van der Waals surface area contributed by atoms with Gasteiger partial charge in [-0.25, -0.2) is 4.79 Å². The largest absolute Gasteiger partial charge is 0.466 e. The van der Waals surface area contributed by atoms with E-state index < -0.39 is 24.0 Å². The lowest BCUT2D eigenvalue weighted by Gasteiger charge is -2.31. The molecule has 1 aromatic rings. The van der Waals surface area contributed by atoms with Gasteiger partial charge in [-0.1, -0.05) is 43.7 Å². The van der Waals surface area contributed by atoms with Gasteiger partial charge in [0, 0.05) is 32.7 Å². The Morgan fingerprint density at radius 2 is 1.95 bits per heavy atom. The van der Waals surface area contributed by atoms with Crippen LogP contribution < -0.4 is 16.5 Å². The topological polar surface area (TPSA) is 156 Å². The molecule has 12 heteroatoms. The predicted molar refractivity (Wildman–Crippen MR) is 151 cm³/mol. The maximum absolute atomic E-state index is 13.6. The number of piperidine rings is 1.